The summed E-state index contributed by atoms with van der Waals surface area (Å²) in [6, 6.07) is 8.69. The lowest BCUT2D eigenvalue weighted by molar-refractivity contribution is -0.121. The third-order valence-corrected chi connectivity index (χ3v) is 4.70. The molecule has 8 nitrogen and oxygen atoms in total. The Hall–Kier alpha value is -3.00. The van der Waals surface area contributed by atoms with E-state index in [0.29, 0.717) is 17.2 Å². The molecular weight excluding hydrogens is 336 g/mol. The predicted molar refractivity (Wildman–Crippen MR) is 94.1 cm³/mol. The number of nitrogens with zero attached hydrogens (tertiary/aromatic N) is 2. The fraction of sp³-hybridized carbons (Fsp3) is 0.333. The highest BCUT2D eigenvalue weighted by atomic mass is 16.7. The molecule has 2 aromatic rings. The number of aromatic nitrogens is 1. The summed E-state index contributed by atoms with van der Waals surface area (Å²) in [5, 5.41) is 5.01. The van der Waals surface area contributed by atoms with Crippen molar-refractivity contribution in [3.05, 3.63) is 42.2 Å². The number of urea groups is 1. The van der Waals surface area contributed by atoms with E-state index in [-0.39, 0.29) is 25.3 Å². The molecule has 0 fully saturated rings. The minimum atomic E-state index is -0.568. The summed E-state index contributed by atoms with van der Waals surface area (Å²) in [6.07, 6.45) is 2.04. The third-order valence-electron chi connectivity index (χ3n) is 4.70. The smallest absolute Gasteiger partial charge is 0.325 e. The van der Waals surface area contributed by atoms with E-state index < -0.39 is 6.03 Å². The van der Waals surface area contributed by atoms with Crippen molar-refractivity contribution in [2.45, 2.75) is 19.5 Å². The maximum atomic E-state index is 12.2. The lowest BCUT2D eigenvalue weighted by Gasteiger charge is -2.34. The Morgan fingerprint density at radius 3 is 2.92 bits per heavy atom. The van der Waals surface area contributed by atoms with Crippen molar-refractivity contribution in [3.63, 3.8) is 0 Å². The molecule has 3 heterocycles. The molecular formula is C18H20N4O4. The van der Waals surface area contributed by atoms with Gasteiger partial charge in [-0.1, -0.05) is 0 Å². The average molecular weight is 356 g/mol. The highest BCUT2D eigenvalue weighted by Crippen LogP contribution is 2.34. The highest BCUT2D eigenvalue weighted by molar-refractivity contribution is 6.01. The minimum absolute atomic E-state index is 0.126. The topological polar surface area (TPSA) is 84.8 Å². The van der Waals surface area contributed by atoms with E-state index in [9.17, 15) is 9.59 Å². The van der Waals surface area contributed by atoms with Crippen LogP contribution in [0.4, 0.5) is 10.5 Å². The molecule has 1 atom stereocenters. The fourth-order valence-electron chi connectivity index (χ4n) is 3.33. The maximum absolute atomic E-state index is 12.2. The van der Waals surface area contributed by atoms with Crippen LogP contribution in [0.5, 0.6) is 11.5 Å². The van der Waals surface area contributed by atoms with Crippen LogP contribution in [0.3, 0.4) is 0 Å². The van der Waals surface area contributed by atoms with Gasteiger partial charge in [-0.05, 0) is 31.2 Å². The van der Waals surface area contributed by atoms with Gasteiger partial charge in [0.15, 0.2) is 11.5 Å². The van der Waals surface area contributed by atoms with Gasteiger partial charge >= 0.3 is 6.03 Å². The molecule has 1 aromatic heterocycles. The first kappa shape index (κ1) is 16.5. The second kappa shape index (κ2) is 6.72. The van der Waals surface area contributed by atoms with E-state index >= 15 is 0 Å². The van der Waals surface area contributed by atoms with Crippen LogP contribution >= 0.6 is 0 Å². The first-order chi connectivity index (χ1) is 12.6. The molecule has 0 bridgehead atoms. The zero-order valence-corrected chi connectivity index (χ0v) is 14.4. The van der Waals surface area contributed by atoms with Gasteiger partial charge in [0.05, 0.1) is 6.54 Å². The summed E-state index contributed by atoms with van der Waals surface area (Å²) in [5.74, 6) is 0.866. The number of fused-ring (bicyclic) bond motifs is 2. The number of ether oxygens (including phenoxy) is 2. The van der Waals surface area contributed by atoms with Gasteiger partial charge in [-0.3, -0.25) is 15.0 Å². The largest absolute Gasteiger partial charge is 0.454 e. The fourth-order valence-corrected chi connectivity index (χ4v) is 3.33. The van der Waals surface area contributed by atoms with Crippen LogP contribution in [-0.2, 0) is 11.3 Å². The Morgan fingerprint density at radius 1 is 1.19 bits per heavy atom. The van der Waals surface area contributed by atoms with Gasteiger partial charge in [-0.15, -0.1) is 0 Å². The lowest BCUT2D eigenvalue weighted by Crippen LogP contribution is -2.45. The molecule has 2 aliphatic heterocycles. The van der Waals surface area contributed by atoms with Crippen molar-refractivity contribution in [2.24, 2.45) is 0 Å². The number of hydrogen-bond acceptors (Lipinski definition) is 5. The van der Waals surface area contributed by atoms with Crippen LogP contribution in [0.2, 0.25) is 0 Å². The molecule has 0 saturated heterocycles. The summed E-state index contributed by atoms with van der Waals surface area (Å²) >= 11 is 0. The molecule has 0 spiro atoms. The summed E-state index contributed by atoms with van der Waals surface area (Å²) in [4.78, 5) is 26.3. The molecule has 1 unspecified atom stereocenters. The van der Waals surface area contributed by atoms with E-state index in [2.05, 4.69) is 33.1 Å². The Morgan fingerprint density at radius 2 is 2.04 bits per heavy atom. The van der Waals surface area contributed by atoms with Crippen molar-refractivity contribution >= 4 is 17.6 Å². The number of benzene rings is 1. The summed E-state index contributed by atoms with van der Waals surface area (Å²) in [6.45, 7) is 4.00. The van der Waals surface area contributed by atoms with Crippen LogP contribution < -0.4 is 20.1 Å². The van der Waals surface area contributed by atoms with Crippen LogP contribution in [0.25, 0.3) is 0 Å². The van der Waals surface area contributed by atoms with Gasteiger partial charge in [0.2, 0.25) is 12.7 Å². The standard InChI is InChI=1S/C18H20N4O4/c1-12-14-3-2-6-21(14)7-8-22(12)10-17(23)20-18(24)19-13-4-5-15-16(9-13)26-11-25-15/h2-6,9,12H,7-8,10-11H2,1H3,(H2,19,20,23,24). The third kappa shape index (κ3) is 3.23. The normalized spacial score (nSPS) is 18.3. The number of rotatable bonds is 3. The molecule has 2 N–H and O–H groups in total. The number of carbonyl (C=O) groups is 2. The Kier molecular flexibility index (Phi) is 4.26. The average Bonchev–Trinajstić information content (AvgIpc) is 3.26. The quantitative estimate of drug-likeness (QED) is 0.878. The number of imide groups is 1. The van der Waals surface area contributed by atoms with Crippen molar-refractivity contribution in [2.75, 3.05) is 25.2 Å². The zero-order valence-electron chi connectivity index (χ0n) is 14.4. The van der Waals surface area contributed by atoms with Crippen molar-refractivity contribution in [3.8, 4) is 11.5 Å². The maximum Gasteiger partial charge on any atom is 0.325 e. The number of amides is 3. The molecule has 0 aliphatic carbocycles. The van der Waals surface area contributed by atoms with E-state index in [1.807, 2.05) is 12.3 Å². The Balaban J connectivity index is 1.31. The first-order valence-electron chi connectivity index (χ1n) is 8.50. The van der Waals surface area contributed by atoms with E-state index in [1.54, 1.807) is 18.2 Å². The Bertz CT molecular complexity index is 847. The number of nitrogens with one attached hydrogen (secondary N) is 2. The molecule has 26 heavy (non-hydrogen) atoms. The molecule has 8 heteroatoms. The predicted octanol–water partition coefficient (Wildman–Crippen LogP) is 1.94. The monoisotopic (exact) mass is 356 g/mol. The lowest BCUT2D eigenvalue weighted by atomic mass is 10.1. The van der Waals surface area contributed by atoms with Gasteiger partial charge in [0, 0.05) is 42.8 Å². The number of anilines is 1. The summed E-state index contributed by atoms with van der Waals surface area (Å²) in [5.41, 5.74) is 1.71. The summed E-state index contributed by atoms with van der Waals surface area (Å²) in [7, 11) is 0. The van der Waals surface area contributed by atoms with Gasteiger partial charge < -0.3 is 19.4 Å². The van der Waals surface area contributed by atoms with Crippen LogP contribution in [0.1, 0.15) is 18.7 Å². The first-order valence-corrected chi connectivity index (χ1v) is 8.50. The second-order valence-electron chi connectivity index (χ2n) is 6.34. The minimum Gasteiger partial charge on any atom is -0.454 e. The summed E-state index contributed by atoms with van der Waals surface area (Å²) < 4.78 is 12.7. The molecule has 136 valence electrons. The Labute approximate surface area is 150 Å². The van der Waals surface area contributed by atoms with Gasteiger partial charge in [0.25, 0.3) is 0 Å². The van der Waals surface area contributed by atoms with Crippen LogP contribution in [0, 0.1) is 0 Å². The highest BCUT2D eigenvalue weighted by Gasteiger charge is 2.25. The second-order valence-corrected chi connectivity index (χ2v) is 6.34. The van der Waals surface area contributed by atoms with Crippen molar-refractivity contribution in [1.82, 2.24) is 14.8 Å². The van der Waals surface area contributed by atoms with Crippen LogP contribution in [0.15, 0.2) is 36.5 Å². The zero-order chi connectivity index (χ0) is 18.1. The van der Waals surface area contributed by atoms with Crippen molar-refractivity contribution < 1.29 is 19.1 Å². The van der Waals surface area contributed by atoms with Gasteiger partial charge in [-0.2, -0.15) is 0 Å². The van der Waals surface area contributed by atoms with E-state index in [4.69, 9.17) is 9.47 Å². The molecule has 0 radical (unpaired) electrons. The molecule has 0 saturated carbocycles. The van der Waals surface area contributed by atoms with Crippen molar-refractivity contribution in [1.29, 1.82) is 0 Å². The van der Waals surface area contributed by atoms with E-state index in [0.717, 1.165) is 13.1 Å². The number of hydrogen-bond donors (Lipinski definition) is 2. The van der Waals surface area contributed by atoms with Gasteiger partial charge in [0.1, 0.15) is 0 Å². The van der Waals surface area contributed by atoms with Gasteiger partial charge in [-0.25, -0.2) is 4.79 Å². The molecule has 4 rings (SSSR count). The molecule has 2 aliphatic rings. The van der Waals surface area contributed by atoms with Crippen LogP contribution in [-0.4, -0.2) is 41.3 Å². The number of carbonyl (C=O) groups excluding carboxylic acids is 2. The van der Waals surface area contributed by atoms with E-state index in [1.165, 1.54) is 5.69 Å². The SMILES string of the molecule is CC1c2cccn2CCN1CC(=O)NC(=O)Nc1ccc2c(c1)OCO2. The molecule has 3 amide bonds. The molecule has 1 aromatic carbocycles.